The van der Waals surface area contributed by atoms with Crippen LogP contribution in [0.5, 0.6) is 0 Å². The van der Waals surface area contributed by atoms with Crippen LogP contribution in [0.1, 0.15) is 19.0 Å². The lowest BCUT2D eigenvalue weighted by atomic mass is 10.3. The summed E-state index contributed by atoms with van der Waals surface area (Å²) in [6, 6.07) is 7.39. The van der Waals surface area contributed by atoms with Crippen molar-refractivity contribution >= 4 is 35.2 Å². The molecule has 2 rings (SSSR count). The second kappa shape index (κ2) is 8.31. The normalized spacial score (nSPS) is 12.1. The fourth-order valence-electron chi connectivity index (χ4n) is 2.18. The second-order valence-corrected chi connectivity index (χ2v) is 5.66. The monoisotopic (exact) mass is 360 g/mol. The topological polar surface area (TPSA) is 87.7 Å². The van der Waals surface area contributed by atoms with Gasteiger partial charge in [0.2, 0.25) is 0 Å². The van der Waals surface area contributed by atoms with Gasteiger partial charge in [-0.25, -0.2) is 9.78 Å². The van der Waals surface area contributed by atoms with Crippen LogP contribution in [-0.2, 0) is 14.3 Å². The molecule has 0 unspecified atom stereocenters. The van der Waals surface area contributed by atoms with E-state index in [9.17, 15) is 9.59 Å². The first-order chi connectivity index (χ1) is 11.9. The number of amides is 1. The minimum atomic E-state index is -0.946. The number of carbonyl (C=O) groups excluding carboxylic acids is 2. The van der Waals surface area contributed by atoms with Crippen LogP contribution in [0.4, 0.5) is 0 Å². The van der Waals surface area contributed by atoms with Gasteiger partial charge in [-0.3, -0.25) is 9.20 Å². The highest BCUT2D eigenvalue weighted by atomic mass is 35.5. The van der Waals surface area contributed by atoms with Crippen molar-refractivity contribution in [1.82, 2.24) is 14.3 Å². The lowest BCUT2D eigenvalue weighted by molar-refractivity contribution is -0.154. The predicted molar refractivity (Wildman–Crippen MR) is 92.7 cm³/mol. The number of ether oxygens (including phenoxy) is 1. The third-order valence-electron chi connectivity index (χ3n) is 3.48. The minimum Gasteiger partial charge on any atom is -0.449 e. The first-order valence-electron chi connectivity index (χ1n) is 7.57. The predicted octanol–water partition coefficient (Wildman–Crippen LogP) is 2.30. The number of imidazole rings is 1. The number of halogens is 1. The number of pyridine rings is 1. The van der Waals surface area contributed by atoms with Crippen molar-refractivity contribution < 1.29 is 14.3 Å². The van der Waals surface area contributed by atoms with Crippen molar-refractivity contribution in [2.24, 2.45) is 0 Å². The molecule has 1 amide bonds. The van der Waals surface area contributed by atoms with Crippen molar-refractivity contribution in [1.29, 1.82) is 5.26 Å². The zero-order valence-electron chi connectivity index (χ0n) is 13.8. The van der Waals surface area contributed by atoms with E-state index >= 15 is 0 Å². The van der Waals surface area contributed by atoms with Crippen LogP contribution in [0.2, 0.25) is 5.15 Å². The smallest absolute Gasteiger partial charge is 0.331 e. The number of aromatic nitrogens is 2. The van der Waals surface area contributed by atoms with E-state index in [0.29, 0.717) is 11.3 Å². The van der Waals surface area contributed by atoms with E-state index in [0.717, 1.165) is 0 Å². The van der Waals surface area contributed by atoms with Crippen LogP contribution in [0, 0.1) is 11.3 Å². The van der Waals surface area contributed by atoms with E-state index in [1.165, 1.54) is 24.0 Å². The molecule has 2 heterocycles. The average molecular weight is 361 g/mol. The number of nitriles is 1. The second-order valence-electron chi connectivity index (χ2n) is 5.30. The van der Waals surface area contributed by atoms with Crippen LogP contribution in [0.15, 0.2) is 30.5 Å². The molecule has 7 nitrogen and oxygen atoms in total. The van der Waals surface area contributed by atoms with Gasteiger partial charge in [0, 0.05) is 25.9 Å². The fourth-order valence-corrected chi connectivity index (χ4v) is 2.42. The maximum absolute atomic E-state index is 12.0. The number of carbonyl (C=O) groups is 2. The van der Waals surface area contributed by atoms with Crippen LogP contribution < -0.4 is 0 Å². The molecule has 0 N–H and O–H groups in total. The van der Waals surface area contributed by atoms with Gasteiger partial charge in [-0.15, -0.1) is 0 Å². The Morgan fingerprint density at radius 1 is 1.52 bits per heavy atom. The molecule has 2 aromatic rings. The van der Waals surface area contributed by atoms with Gasteiger partial charge in [0.25, 0.3) is 5.91 Å². The van der Waals surface area contributed by atoms with Gasteiger partial charge in [0.15, 0.2) is 11.3 Å². The molecule has 0 fully saturated rings. The average Bonchev–Trinajstić information content (AvgIpc) is 2.92. The van der Waals surface area contributed by atoms with Crippen LogP contribution >= 0.6 is 11.6 Å². The van der Waals surface area contributed by atoms with E-state index in [1.807, 2.05) is 18.2 Å². The highest BCUT2D eigenvalue weighted by Gasteiger charge is 2.20. The van der Waals surface area contributed by atoms with Gasteiger partial charge >= 0.3 is 5.97 Å². The lowest BCUT2D eigenvalue weighted by Gasteiger charge is -2.19. The summed E-state index contributed by atoms with van der Waals surface area (Å²) in [6.07, 6.45) is 3.73. The third-order valence-corrected chi connectivity index (χ3v) is 3.75. The molecule has 0 aromatic carbocycles. The number of esters is 1. The zero-order chi connectivity index (χ0) is 18.4. The van der Waals surface area contributed by atoms with E-state index in [-0.39, 0.29) is 24.0 Å². The summed E-state index contributed by atoms with van der Waals surface area (Å²) < 4.78 is 6.82. The molecule has 0 saturated heterocycles. The summed E-state index contributed by atoms with van der Waals surface area (Å²) in [4.78, 5) is 29.5. The molecule has 25 heavy (non-hydrogen) atoms. The largest absolute Gasteiger partial charge is 0.449 e. The quantitative estimate of drug-likeness (QED) is 0.582. The van der Waals surface area contributed by atoms with Gasteiger partial charge in [0.05, 0.1) is 18.2 Å². The van der Waals surface area contributed by atoms with Crippen LogP contribution in [0.25, 0.3) is 11.7 Å². The summed E-state index contributed by atoms with van der Waals surface area (Å²) in [6.45, 7) is 1.77. The number of hydrogen-bond donors (Lipinski definition) is 0. The summed E-state index contributed by atoms with van der Waals surface area (Å²) in [5.41, 5.74) is 1.20. The van der Waals surface area contributed by atoms with Crippen molar-refractivity contribution in [2.75, 3.05) is 13.6 Å². The van der Waals surface area contributed by atoms with Gasteiger partial charge in [-0.1, -0.05) is 17.7 Å². The van der Waals surface area contributed by atoms with Crippen LogP contribution in [0.3, 0.4) is 0 Å². The maximum atomic E-state index is 12.0. The molecule has 8 heteroatoms. The molecule has 0 spiro atoms. The standard InChI is InChI=1S/C17H17ClN4O3/c1-12(17(24)21(2)10-5-9-19)25-15(23)8-7-13-16(18)20-14-6-3-4-11-22(13)14/h3-4,6-8,11-12H,5,10H2,1-2H3/b8-7+/t12-/m0/s1. The van der Waals surface area contributed by atoms with Crippen molar-refractivity contribution in [3.8, 4) is 6.07 Å². The van der Waals surface area contributed by atoms with Crippen molar-refractivity contribution in [3.05, 3.63) is 41.3 Å². The summed E-state index contributed by atoms with van der Waals surface area (Å²) in [7, 11) is 1.55. The Hall–Kier alpha value is -2.85. The molecule has 0 aliphatic rings. The first-order valence-corrected chi connectivity index (χ1v) is 7.95. The molecule has 1 atom stereocenters. The Bertz CT molecular complexity index is 853. The number of nitrogens with zero attached hydrogens (tertiary/aromatic N) is 4. The van der Waals surface area contributed by atoms with E-state index in [4.69, 9.17) is 21.6 Å². The summed E-state index contributed by atoms with van der Waals surface area (Å²) >= 11 is 6.07. The molecule has 0 radical (unpaired) electrons. The van der Waals surface area contributed by atoms with Crippen LogP contribution in [-0.4, -0.2) is 45.9 Å². The minimum absolute atomic E-state index is 0.218. The Balaban J connectivity index is 2.02. The summed E-state index contributed by atoms with van der Waals surface area (Å²) in [5, 5.41) is 8.80. The van der Waals surface area contributed by atoms with E-state index < -0.39 is 12.1 Å². The SMILES string of the molecule is C[C@H](OC(=O)/C=C/c1c(Cl)nc2ccccn12)C(=O)N(C)CCC#N. The molecule has 130 valence electrons. The Labute approximate surface area is 150 Å². The highest BCUT2D eigenvalue weighted by Crippen LogP contribution is 2.18. The van der Waals surface area contributed by atoms with Crippen molar-refractivity contribution in [3.63, 3.8) is 0 Å². The number of fused-ring (bicyclic) bond motifs is 1. The maximum Gasteiger partial charge on any atom is 0.331 e. The molecular weight excluding hydrogens is 344 g/mol. The molecule has 0 saturated carbocycles. The molecule has 0 aliphatic carbocycles. The van der Waals surface area contributed by atoms with E-state index in [1.54, 1.807) is 23.7 Å². The van der Waals surface area contributed by atoms with Gasteiger partial charge < -0.3 is 9.64 Å². The van der Waals surface area contributed by atoms with Gasteiger partial charge in [-0.05, 0) is 25.1 Å². The molecule has 0 bridgehead atoms. The van der Waals surface area contributed by atoms with Crippen molar-refractivity contribution in [2.45, 2.75) is 19.4 Å². The van der Waals surface area contributed by atoms with Gasteiger partial charge in [-0.2, -0.15) is 5.26 Å². The molecule has 0 aliphatic heterocycles. The highest BCUT2D eigenvalue weighted by molar-refractivity contribution is 6.31. The summed E-state index contributed by atoms with van der Waals surface area (Å²) in [5.74, 6) is -1.04. The fraction of sp³-hybridized carbons (Fsp3) is 0.294. The number of hydrogen-bond acceptors (Lipinski definition) is 5. The zero-order valence-corrected chi connectivity index (χ0v) is 14.6. The Morgan fingerprint density at radius 2 is 2.28 bits per heavy atom. The lowest BCUT2D eigenvalue weighted by Crippen LogP contribution is -2.37. The van der Waals surface area contributed by atoms with E-state index in [2.05, 4.69) is 4.98 Å². The molecule has 2 aromatic heterocycles. The number of rotatable bonds is 6. The Kier molecular flexibility index (Phi) is 6.14. The first kappa shape index (κ1) is 18.5. The van der Waals surface area contributed by atoms with Gasteiger partial charge in [0.1, 0.15) is 5.65 Å². The number of likely N-dealkylation sites (N-methyl/N-ethyl adjacent to an activating group) is 1. The third kappa shape index (κ3) is 4.58. The molecular formula is C17H17ClN4O3. The Morgan fingerprint density at radius 3 is 3.00 bits per heavy atom.